The standard InChI is InChI=1S/C13H9N.C4H7NO2.C3H6.C2H2/c1-2-5-12(6-3-1)8-9-13-7-4-10-14-11-13;1-3-2-5-4(6)7-3;1-3-2;1-2/h1-7,10-11H;3H,2H2,1H3,(H,5,6);3H,1H2,2H3;1-2H/t;3-;;/m.0../s1. The maximum absolute atomic E-state index is 10.1. The maximum Gasteiger partial charge on any atom is 0.407 e. The summed E-state index contributed by atoms with van der Waals surface area (Å²) in [5, 5.41) is 2.51. The van der Waals surface area contributed by atoms with Crippen molar-refractivity contribution in [3.63, 3.8) is 0 Å². The first-order valence-electron chi connectivity index (χ1n) is 7.97. The molecule has 1 aliphatic heterocycles. The minimum absolute atomic E-state index is 0.0625. The van der Waals surface area contributed by atoms with Crippen molar-refractivity contribution >= 4 is 6.09 Å². The van der Waals surface area contributed by atoms with E-state index in [9.17, 15) is 4.79 Å². The maximum atomic E-state index is 10.1. The van der Waals surface area contributed by atoms with Crippen LogP contribution in [-0.2, 0) is 4.74 Å². The first kappa shape index (κ1) is 22.5. The number of hydrogen-bond acceptors (Lipinski definition) is 3. The molecule has 1 atom stereocenters. The molecule has 1 aromatic carbocycles. The van der Waals surface area contributed by atoms with Crippen molar-refractivity contribution in [1.29, 1.82) is 0 Å². The number of amides is 1. The SMILES string of the molecule is C#C.C(#Cc1cccnc1)c1ccccc1.C=CC.C[C@H]1CNC(=O)O1. The van der Waals surface area contributed by atoms with Gasteiger partial charge in [-0.15, -0.1) is 19.4 Å². The van der Waals surface area contributed by atoms with E-state index in [1.807, 2.05) is 56.3 Å². The molecular formula is C22H24N2O2. The van der Waals surface area contributed by atoms with Gasteiger partial charge in [0.15, 0.2) is 0 Å². The molecule has 1 saturated heterocycles. The Morgan fingerprint density at radius 1 is 1.19 bits per heavy atom. The summed E-state index contributed by atoms with van der Waals surface area (Å²) in [6.45, 7) is 7.75. The zero-order chi connectivity index (χ0) is 19.6. The highest BCUT2D eigenvalue weighted by Crippen LogP contribution is 1.97. The lowest BCUT2D eigenvalue weighted by atomic mass is 10.2. The number of aromatic nitrogens is 1. The number of nitrogens with zero attached hydrogens (tertiary/aromatic N) is 1. The number of terminal acetylenes is 1. The fraction of sp³-hybridized carbons (Fsp3) is 0.182. The van der Waals surface area contributed by atoms with Gasteiger partial charge in [0.05, 0.1) is 6.54 Å². The van der Waals surface area contributed by atoms with Crippen molar-refractivity contribution in [3.05, 3.63) is 78.6 Å². The predicted molar refractivity (Wildman–Crippen MR) is 106 cm³/mol. The Labute approximate surface area is 156 Å². The lowest BCUT2D eigenvalue weighted by Gasteiger charge is -1.92. The summed E-state index contributed by atoms with van der Waals surface area (Å²) in [4.78, 5) is 14.1. The molecule has 0 aliphatic carbocycles. The summed E-state index contributed by atoms with van der Waals surface area (Å²) in [5.41, 5.74) is 1.97. The number of alkyl carbamates (subject to hydrolysis) is 1. The van der Waals surface area contributed by atoms with Crippen LogP contribution in [0.2, 0.25) is 0 Å². The van der Waals surface area contributed by atoms with Gasteiger partial charge in [-0.1, -0.05) is 36.1 Å². The quantitative estimate of drug-likeness (QED) is 0.577. The van der Waals surface area contributed by atoms with Crippen LogP contribution in [0.1, 0.15) is 25.0 Å². The molecule has 1 aromatic heterocycles. The molecule has 26 heavy (non-hydrogen) atoms. The van der Waals surface area contributed by atoms with Gasteiger partial charge in [0.2, 0.25) is 0 Å². The molecule has 1 aliphatic rings. The first-order chi connectivity index (χ1) is 12.7. The zero-order valence-electron chi connectivity index (χ0n) is 15.2. The van der Waals surface area contributed by atoms with E-state index in [-0.39, 0.29) is 12.2 Å². The fourth-order valence-corrected chi connectivity index (χ4v) is 1.60. The summed E-state index contributed by atoms with van der Waals surface area (Å²) in [7, 11) is 0. The predicted octanol–water partition coefficient (Wildman–Crippen LogP) is 4.04. The number of cyclic esters (lactones) is 1. The molecule has 0 radical (unpaired) electrons. The number of allylic oxidation sites excluding steroid dienone is 1. The number of carbonyl (C=O) groups is 1. The second-order valence-electron chi connectivity index (χ2n) is 4.86. The molecule has 0 saturated carbocycles. The van der Waals surface area contributed by atoms with E-state index in [0.29, 0.717) is 6.54 Å². The number of rotatable bonds is 0. The van der Waals surface area contributed by atoms with Gasteiger partial charge in [-0.2, -0.15) is 0 Å². The Kier molecular flexibility index (Phi) is 13.0. The summed E-state index contributed by atoms with van der Waals surface area (Å²) < 4.78 is 4.61. The second-order valence-corrected chi connectivity index (χ2v) is 4.86. The van der Waals surface area contributed by atoms with Crippen LogP contribution in [0.3, 0.4) is 0 Å². The Hall–Kier alpha value is -3.50. The fourth-order valence-electron chi connectivity index (χ4n) is 1.60. The van der Waals surface area contributed by atoms with Crippen molar-refractivity contribution in [3.8, 4) is 24.7 Å². The number of benzene rings is 1. The molecule has 1 fully saturated rings. The van der Waals surface area contributed by atoms with Gasteiger partial charge in [-0.3, -0.25) is 4.98 Å². The number of pyridine rings is 1. The van der Waals surface area contributed by atoms with Crippen LogP contribution >= 0.6 is 0 Å². The summed E-state index contributed by atoms with van der Waals surface area (Å²) >= 11 is 0. The summed E-state index contributed by atoms with van der Waals surface area (Å²) in [6, 6.07) is 13.8. The number of carbonyl (C=O) groups excluding carboxylic acids is 1. The van der Waals surface area contributed by atoms with E-state index in [1.165, 1.54) is 0 Å². The van der Waals surface area contributed by atoms with Gasteiger partial charge < -0.3 is 10.1 Å². The van der Waals surface area contributed by atoms with E-state index in [2.05, 4.69) is 46.3 Å². The van der Waals surface area contributed by atoms with Crippen molar-refractivity contribution in [2.24, 2.45) is 0 Å². The second kappa shape index (κ2) is 15.1. The lowest BCUT2D eigenvalue weighted by Crippen LogP contribution is -2.12. The molecule has 1 N–H and O–H groups in total. The minimum atomic E-state index is -0.299. The monoisotopic (exact) mass is 348 g/mol. The molecule has 0 bridgehead atoms. The van der Waals surface area contributed by atoms with Gasteiger partial charge in [0.25, 0.3) is 0 Å². The Morgan fingerprint density at radius 2 is 1.77 bits per heavy atom. The third-order valence-electron chi connectivity index (χ3n) is 2.63. The van der Waals surface area contributed by atoms with Crippen LogP contribution in [0.15, 0.2) is 67.5 Å². The normalized spacial score (nSPS) is 13.2. The van der Waals surface area contributed by atoms with Crippen molar-refractivity contribution in [1.82, 2.24) is 10.3 Å². The molecule has 1 amide bonds. The van der Waals surface area contributed by atoms with E-state index < -0.39 is 0 Å². The molecule has 4 heteroatoms. The summed E-state index contributed by atoms with van der Waals surface area (Å²) in [6.07, 6.45) is 13.0. The van der Waals surface area contributed by atoms with Gasteiger partial charge in [0, 0.05) is 23.5 Å². The number of ether oxygens (including phenoxy) is 1. The van der Waals surface area contributed by atoms with Crippen molar-refractivity contribution in [2.45, 2.75) is 20.0 Å². The van der Waals surface area contributed by atoms with Crippen LogP contribution in [0.25, 0.3) is 0 Å². The molecule has 2 aromatic rings. The molecular weight excluding hydrogens is 324 g/mol. The highest BCUT2D eigenvalue weighted by atomic mass is 16.6. The molecule has 0 unspecified atom stereocenters. The van der Waals surface area contributed by atoms with Gasteiger partial charge >= 0.3 is 6.09 Å². The first-order valence-corrected chi connectivity index (χ1v) is 7.97. The van der Waals surface area contributed by atoms with Gasteiger partial charge in [-0.05, 0) is 38.1 Å². The van der Waals surface area contributed by atoms with Crippen LogP contribution in [-0.4, -0.2) is 23.7 Å². The Bertz CT molecular complexity index is 670. The average Bonchev–Trinajstić information content (AvgIpc) is 3.07. The van der Waals surface area contributed by atoms with Crippen LogP contribution in [0, 0.1) is 24.7 Å². The highest BCUT2D eigenvalue weighted by Gasteiger charge is 2.16. The lowest BCUT2D eigenvalue weighted by molar-refractivity contribution is 0.148. The van der Waals surface area contributed by atoms with E-state index in [0.717, 1.165) is 11.1 Å². The smallest absolute Gasteiger partial charge is 0.407 e. The zero-order valence-corrected chi connectivity index (χ0v) is 15.2. The number of nitrogens with one attached hydrogen (secondary N) is 1. The number of hydrogen-bond donors (Lipinski definition) is 1. The van der Waals surface area contributed by atoms with Crippen molar-refractivity contribution < 1.29 is 9.53 Å². The summed E-state index contributed by atoms with van der Waals surface area (Å²) in [5.74, 6) is 6.12. The molecule has 4 nitrogen and oxygen atoms in total. The molecule has 3 rings (SSSR count). The molecule has 134 valence electrons. The van der Waals surface area contributed by atoms with Crippen molar-refractivity contribution in [2.75, 3.05) is 6.54 Å². The van der Waals surface area contributed by atoms with Gasteiger partial charge in [0.1, 0.15) is 6.10 Å². The highest BCUT2D eigenvalue weighted by molar-refractivity contribution is 5.69. The van der Waals surface area contributed by atoms with E-state index >= 15 is 0 Å². The minimum Gasteiger partial charge on any atom is -0.445 e. The Morgan fingerprint density at radius 3 is 2.19 bits per heavy atom. The Balaban J connectivity index is 0.000000437. The third kappa shape index (κ3) is 11.1. The molecule has 2 heterocycles. The van der Waals surface area contributed by atoms with Crippen LogP contribution in [0.4, 0.5) is 4.79 Å². The van der Waals surface area contributed by atoms with E-state index in [1.54, 1.807) is 18.5 Å². The topological polar surface area (TPSA) is 51.2 Å². The van der Waals surface area contributed by atoms with Gasteiger partial charge in [-0.25, -0.2) is 4.79 Å². The largest absolute Gasteiger partial charge is 0.445 e. The third-order valence-corrected chi connectivity index (χ3v) is 2.63. The molecule has 0 spiro atoms. The average molecular weight is 348 g/mol. The van der Waals surface area contributed by atoms with Crippen LogP contribution in [0.5, 0.6) is 0 Å². The van der Waals surface area contributed by atoms with E-state index in [4.69, 9.17) is 0 Å². The van der Waals surface area contributed by atoms with Crippen LogP contribution < -0.4 is 5.32 Å².